The minimum absolute atomic E-state index is 0.150. The molecule has 0 aromatic heterocycles. The van der Waals surface area contributed by atoms with Gasteiger partial charge < -0.3 is 15.1 Å². The Bertz CT molecular complexity index is 1110. The van der Waals surface area contributed by atoms with Crippen LogP contribution in [0.5, 0.6) is 0 Å². The smallest absolute Gasteiger partial charge is 0.142 e. The third-order valence-corrected chi connectivity index (χ3v) is 8.59. The van der Waals surface area contributed by atoms with Crippen LogP contribution in [0, 0.1) is 5.92 Å². The fourth-order valence-electron chi connectivity index (χ4n) is 6.00. The zero-order chi connectivity index (χ0) is 27.2. The van der Waals surface area contributed by atoms with Crippen LogP contribution in [0.1, 0.15) is 81.2 Å². The lowest BCUT2D eigenvalue weighted by molar-refractivity contribution is -0.123. The summed E-state index contributed by atoms with van der Waals surface area (Å²) in [6.07, 6.45) is 3.48. The number of hydrogen-bond donors (Lipinski definition) is 2. The fraction of sp³-hybridized carbons (Fsp3) is 0.441. The monoisotopic (exact) mass is 513 g/mol. The first-order valence-electron chi connectivity index (χ1n) is 14.1. The minimum Gasteiger partial charge on any atom is -0.388 e. The molecule has 0 amide bonds. The highest BCUT2D eigenvalue weighted by Crippen LogP contribution is 2.42. The van der Waals surface area contributed by atoms with Gasteiger partial charge in [-0.3, -0.25) is 4.79 Å². The quantitative estimate of drug-likeness (QED) is 0.311. The molecule has 0 aliphatic carbocycles. The van der Waals surface area contributed by atoms with E-state index in [1.54, 1.807) is 0 Å². The lowest BCUT2D eigenvalue weighted by Gasteiger charge is -2.42. The molecule has 2 N–H and O–H groups in total. The van der Waals surface area contributed by atoms with Crippen molar-refractivity contribution < 1.29 is 15.0 Å². The maximum absolute atomic E-state index is 12.3. The van der Waals surface area contributed by atoms with Crippen LogP contribution in [0.4, 0.5) is 0 Å². The molecule has 1 fully saturated rings. The first kappa shape index (κ1) is 28.2. The van der Waals surface area contributed by atoms with Crippen molar-refractivity contribution in [1.82, 2.24) is 4.90 Å². The number of ketones is 1. The number of rotatable bonds is 11. The first-order valence-corrected chi connectivity index (χ1v) is 14.1. The zero-order valence-electron chi connectivity index (χ0n) is 23.1. The van der Waals surface area contributed by atoms with Gasteiger partial charge in [-0.1, -0.05) is 91.9 Å². The number of Topliss-reactive ketones (excluding diaryl/α,β-unsaturated/α-hetero) is 1. The third-order valence-electron chi connectivity index (χ3n) is 8.59. The van der Waals surface area contributed by atoms with Crippen LogP contribution in [-0.4, -0.2) is 40.5 Å². The molecule has 1 saturated heterocycles. The van der Waals surface area contributed by atoms with Crippen molar-refractivity contribution in [3.05, 3.63) is 107 Å². The SMILES string of the molecule is CCC(=O)C(C)(C)c1ccc(C(O)CCCN2CCC(C(O)(c3ccccc3)c3ccccc3)CC2)cc1. The number of likely N-dealkylation sites (tertiary alicyclic amines) is 1. The van der Waals surface area contributed by atoms with Crippen molar-refractivity contribution in [2.24, 2.45) is 5.92 Å². The molecule has 1 aliphatic heterocycles. The van der Waals surface area contributed by atoms with Gasteiger partial charge in [-0.15, -0.1) is 0 Å². The molecule has 0 bridgehead atoms. The van der Waals surface area contributed by atoms with E-state index >= 15 is 0 Å². The van der Waals surface area contributed by atoms with Gasteiger partial charge in [0.15, 0.2) is 0 Å². The Hall–Kier alpha value is -2.79. The van der Waals surface area contributed by atoms with Gasteiger partial charge >= 0.3 is 0 Å². The Morgan fingerprint density at radius 3 is 1.89 bits per heavy atom. The molecule has 0 spiro atoms. The lowest BCUT2D eigenvalue weighted by Crippen LogP contribution is -2.44. The summed E-state index contributed by atoms with van der Waals surface area (Å²) in [4.78, 5) is 14.8. The van der Waals surface area contributed by atoms with Gasteiger partial charge in [0.2, 0.25) is 0 Å². The normalized spacial score (nSPS) is 16.3. The van der Waals surface area contributed by atoms with Gasteiger partial charge in [-0.05, 0) is 87.3 Å². The maximum atomic E-state index is 12.3. The summed E-state index contributed by atoms with van der Waals surface area (Å²) in [5, 5.41) is 22.9. The predicted molar refractivity (Wildman–Crippen MR) is 154 cm³/mol. The molecule has 1 aliphatic rings. The summed E-state index contributed by atoms with van der Waals surface area (Å²) in [6.45, 7) is 8.66. The molecule has 0 saturated carbocycles. The summed E-state index contributed by atoms with van der Waals surface area (Å²) < 4.78 is 0. The van der Waals surface area contributed by atoms with Crippen LogP contribution in [0.3, 0.4) is 0 Å². The van der Waals surface area contributed by atoms with Crippen molar-refractivity contribution in [3.63, 3.8) is 0 Å². The van der Waals surface area contributed by atoms with Gasteiger partial charge in [0.1, 0.15) is 11.4 Å². The molecule has 1 atom stereocenters. The van der Waals surface area contributed by atoms with Gasteiger partial charge in [0.05, 0.1) is 6.10 Å². The second kappa shape index (κ2) is 12.4. The highest BCUT2D eigenvalue weighted by atomic mass is 16.3. The molecule has 4 nitrogen and oxygen atoms in total. The van der Waals surface area contributed by atoms with E-state index in [1.807, 2.05) is 106 Å². The highest BCUT2D eigenvalue weighted by Gasteiger charge is 2.41. The summed E-state index contributed by atoms with van der Waals surface area (Å²) in [5.74, 6) is 0.372. The van der Waals surface area contributed by atoms with E-state index in [4.69, 9.17) is 0 Å². The summed E-state index contributed by atoms with van der Waals surface area (Å²) in [6, 6.07) is 28.0. The van der Waals surface area contributed by atoms with E-state index in [2.05, 4.69) is 4.90 Å². The molecule has 38 heavy (non-hydrogen) atoms. The summed E-state index contributed by atoms with van der Waals surface area (Å²) >= 11 is 0. The molecule has 3 aromatic rings. The Labute approximate surface area is 228 Å². The number of aliphatic hydroxyl groups excluding tert-OH is 1. The molecule has 1 unspecified atom stereocenters. The molecule has 0 radical (unpaired) electrons. The largest absolute Gasteiger partial charge is 0.388 e. The summed E-state index contributed by atoms with van der Waals surface area (Å²) in [5.41, 5.74) is 2.32. The number of nitrogens with zero attached hydrogens (tertiary/aromatic N) is 1. The van der Waals surface area contributed by atoms with Crippen molar-refractivity contribution >= 4 is 5.78 Å². The van der Waals surface area contributed by atoms with E-state index in [0.29, 0.717) is 12.8 Å². The average molecular weight is 514 g/mol. The molecule has 4 rings (SSSR count). The number of piperidine rings is 1. The Kier molecular flexibility index (Phi) is 9.19. The van der Waals surface area contributed by atoms with Gasteiger partial charge in [-0.25, -0.2) is 0 Å². The third kappa shape index (κ3) is 6.09. The molecular formula is C34H43NO3. The van der Waals surface area contributed by atoms with Crippen LogP contribution >= 0.6 is 0 Å². The van der Waals surface area contributed by atoms with E-state index in [9.17, 15) is 15.0 Å². The fourth-order valence-corrected chi connectivity index (χ4v) is 6.00. The highest BCUT2D eigenvalue weighted by molar-refractivity contribution is 5.89. The Balaban J connectivity index is 1.31. The molecular weight excluding hydrogens is 470 g/mol. The number of carbonyl (C=O) groups is 1. The van der Waals surface area contributed by atoms with E-state index in [1.165, 1.54) is 0 Å². The molecule has 202 valence electrons. The van der Waals surface area contributed by atoms with Crippen LogP contribution in [-0.2, 0) is 15.8 Å². The van der Waals surface area contributed by atoms with Gasteiger partial charge in [-0.2, -0.15) is 0 Å². The number of benzene rings is 3. The number of hydrogen-bond acceptors (Lipinski definition) is 4. The van der Waals surface area contributed by atoms with Crippen LogP contribution in [0.25, 0.3) is 0 Å². The average Bonchev–Trinajstić information content (AvgIpc) is 2.97. The van der Waals surface area contributed by atoms with Crippen molar-refractivity contribution in [2.45, 2.75) is 70.0 Å². The van der Waals surface area contributed by atoms with E-state index in [-0.39, 0.29) is 11.7 Å². The Morgan fingerprint density at radius 1 is 0.868 bits per heavy atom. The van der Waals surface area contributed by atoms with Crippen LogP contribution in [0.2, 0.25) is 0 Å². The van der Waals surface area contributed by atoms with Crippen LogP contribution in [0.15, 0.2) is 84.9 Å². The van der Waals surface area contributed by atoms with E-state index < -0.39 is 17.1 Å². The molecule has 1 heterocycles. The maximum Gasteiger partial charge on any atom is 0.142 e. The summed E-state index contributed by atoms with van der Waals surface area (Å²) in [7, 11) is 0. The van der Waals surface area contributed by atoms with Crippen molar-refractivity contribution in [3.8, 4) is 0 Å². The Morgan fingerprint density at radius 2 is 1.39 bits per heavy atom. The zero-order valence-corrected chi connectivity index (χ0v) is 23.1. The lowest BCUT2D eigenvalue weighted by atomic mass is 9.72. The van der Waals surface area contributed by atoms with Crippen LogP contribution < -0.4 is 0 Å². The van der Waals surface area contributed by atoms with Crippen molar-refractivity contribution in [1.29, 1.82) is 0 Å². The number of aliphatic hydroxyl groups is 2. The molecule has 3 aromatic carbocycles. The minimum atomic E-state index is -0.993. The van der Waals surface area contributed by atoms with E-state index in [0.717, 1.165) is 61.2 Å². The standard InChI is InChI=1S/C34H43NO3/c1-4-32(37)33(2,3)27-19-17-26(18-20-27)31(36)16-11-23-35-24-21-30(22-25-35)34(38,28-12-7-5-8-13-28)29-14-9-6-10-15-29/h5-10,12-15,17-20,30-31,36,38H,4,11,16,21-25H2,1-3H3. The van der Waals surface area contributed by atoms with Gasteiger partial charge in [0, 0.05) is 11.8 Å². The molecule has 4 heteroatoms. The second-order valence-electron chi connectivity index (χ2n) is 11.3. The second-order valence-corrected chi connectivity index (χ2v) is 11.3. The first-order chi connectivity index (χ1) is 18.3. The van der Waals surface area contributed by atoms with Crippen molar-refractivity contribution in [2.75, 3.05) is 19.6 Å². The number of carbonyl (C=O) groups excluding carboxylic acids is 1. The predicted octanol–water partition coefficient (Wildman–Crippen LogP) is 6.41. The topological polar surface area (TPSA) is 60.8 Å². The van der Waals surface area contributed by atoms with Gasteiger partial charge in [0.25, 0.3) is 0 Å².